The molecule has 0 unspecified atom stereocenters. The molecular formula is C8H11NOS. The maximum absolute atomic E-state index is 11.3. The maximum Gasteiger partial charge on any atom is 0.189 e. The summed E-state index contributed by atoms with van der Waals surface area (Å²) in [6.07, 6.45) is 0.705. The van der Waals surface area contributed by atoms with Crippen LogP contribution in [0.25, 0.3) is 0 Å². The van der Waals surface area contributed by atoms with Gasteiger partial charge in [-0.2, -0.15) is 0 Å². The van der Waals surface area contributed by atoms with E-state index in [-0.39, 0.29) is 11.8 Å². The van der Waals surface area contributed by atoms with E-state index in [4.69, 9.17) is 5.73 Å². The van der Waals surface area contributed by atoms with Crippen molar-refractivity contribution >= 4 is 17.1 Å². The number of Topliss-reactive ketones (excluding diaryl/α,β-unsaturated/α-hetero) is 1. The highest BCUT2D eigenvalue weighted by Gasteiger charge is 2.13. The fraction of sp³-hybridized carbons (Fsp3) is 0.375. The van der Waals surface area contributed by atoms with Crippen LogP contribution in [0.15, 0.2) is 17.5 Å². The van der Waals surface area contributed by atoms with Crippen molar-refractivity contribution in [2.24, 2.45) is 5.73 Å². The van der Waals surface area contributed by atoms with E-state index < -0.39 is 0 Å². The second kappa shape index (κ2) is 3.64. The van der Waals surface area contributed by atoms with Crippen molar-refractivity contribution < 1.29 is 4.79 Å². The lowest BCUT2D eigenvalue weighted by Crippen LogP contribution is -2.28. The van der Waals surface area contributed by atoms with Crippen LogP contribution in [-0.4, -0.2) is 11.8 Å². The Morgan fingerprint density at radius 3 is 3.00 bits per heavy atom. The van der Waals surface area contributed by atoms with E-state index in [1.54, 1.807) is 0 Å². The molecule has 0 saturated heterocycles. The van der Waals surface area contributed by atoms with Crippen LogP contribution < -0.4 is 5.73 Å². The van der Waals surface area contributed by atoms with Gasteiger partial charge in [-0.3, -0.25) is 4.79 Å². The highest BCUT2D eigenvalue weighted by molar-refractivity contribution is 7.12. The topological polar surface area (TPSA) is 43.1 Å². The minimum atomic E-state index is -0.325. The van der Waals surface area contributed by atoms with Crippen LogP contribution in [0, 0.1) is 0 Å². The highest BCUT2D eigenvalue weighted by Crippen LogP contribution is 2.11. The number of rotatable bonds is 3. The third-order valence-corrected chi connectivity index (χ3v) is 2.43. The summed E-state index contributed by atoms with van der Waals surface area (Å²) in [4.78, 5) is 12.1. The number of ketones is 1. The van der Waals surface area contributed by atoms with Crippen molar-refractivity contribution in [1.82, 2.24) is 0 Å². The van der Waals surface area contributed by atoms with E-state index in [0.717, 1.165) is 4.88 Å². The summed E-state index contributed by atoms with van der Waals surface area (Å²) in [6, 6.07) is 3.34. The van der Waals surface area contributed by atoms with Crippen molar-refractivity contribution in [2.45, 2.75) is 19.4 Å². The quantitative estimate of drug-likeness (QED) is 0.699. The summed E-state index contributed by atoms with van der Waals surface area (Å²) in [6.45, 7) is 1.91. The lowest BCUT2D eigenvalue weighted by atomic mass is 10.1. The molecule has 0 aliphatic carbocycles. The molecular weight excluding hydrogens is 158 g/mol. The van der Waals surface area contributed by atoms with Gasteiger partial charge >= 0.3 is 0 Å². The maximum atomic E-state index is 11.3. The number of hydrogen-bond donors (Lipinski definition) is 1. The molecule has 1 rings (SSSR count). The molecule has 0 aliphatic rings. The Hall–Kier alpha value is -0.670. The van der Waals surface area contributed by atoms with E-state index in [2.05, 4.69) is 0 Å². The second-order valence-electron chi connectivity index (χ2n) is 2.36. The predicted octanol–water partition coefficient (Wildman–Crippen LogP) is 1.67. The largest absolute Gasteiger partial charge is 0.321 e. The lowest BCUT2D eigenvalue weighted by molar-refractivity contribution is 0.0963. The van der Waals surface area contributed by atoms with Crippen LogP contribution in [0.5, 0.6) is 0 Å². The number of hydrogen-bond acceptors (Lipinski definition) is 3. The first-order valence-electron chi connectivity index (χ1n) is 3.59. The van der Waals surface area contributed by atoms with Gasteiger partial charge in [-0.15, -0.1) is 11.3 Å². The molecule has 1 aromatic heterocycles. The number of thiophene rings is 1. The van der Waals surface area contributed by atoms with Gasteiger partial charge in [0.2, 0.25) is 0 Å². The summed E-state index contributed by atoms with van der Waals surface area (Å²) in [7, 11) is 0. The Kier molecular flexibility index (Phi) is 2.79. The predicted molar refractivity (Wildman–Crippen MR) is 46.9 cm³/mol. The van der Waals surface area contributed by atoms with Gasteiger partial charge in [-0.1, -0.05) is 13.0 Å². The molecule has 1 heterocycles. The van der Waals surface area contributed by atoms with Crippen molar-refractivity contribution in [3.63, 3.8) is 0 Å². The van der Waals surface area contributed by atoms with Gasteiger partial charge in [-0.05, 0) is 17.9 Å². The van der Waals surface area contributed by atoms with Gasteiger partial charge in [0.05, 0.1) is 10.9 Å². The molecule has 1 aromatic rings. The first-order chi connectivity index (χ1) is 5.25. The molecule has 0 bridgehead atoms. The molecule has 0 saturated carbocycles. The van der Waals surface area contributed by atoms with E-state index in [1.165, 1.54) is 11.3 Å². The van der Waals surface area contributed by atoms with Crippen LogP contribution in [-0.2, 0) is 0 Å². The van der Waals surface area contributed by atoms with Crippen molar-refractivity contribution in [1.29, 1.82) is 0 Å². The minimum absolute atomic E-state index is 0.0579. The van der Waals surface area contributed by atoms with Crippen LogP contribution in [0.1, 0.15) is 23.0 Å². The molecule has 60 valence electrons. The van der Waals surface area contributed by atoms with Crippen LogP contribution in [0.3, 0.4) is 0 Å². The molecule has 1 atom stereocenters. The highest BCUT2D eigenvalue weighted by atomic mass is 32.1. The summed E-state index contributed by atoms with van der Waals surface area (Å²) in [5.41, 5.74) is 5.56. The molecule has 0 amide bonds. The van der Waals surface area contributed by atoms with Gasteiger partial charge < -0.3 is 5.73 Å². The van der Waals surface area contributed by atoms with Crippen LogP contribution in [0.4, 0.5) is 0 Å². The smallest absolute Gasteiger partial charge is 0.189 e. The SMILES string of the molecule is CC[C@H](N)C(=O)c1cccs1. The van der Waals surface area contributed by atoms with Crippen LogP contribution in [0.2, 0.25) is 0 Å². The van der Waals surface area contributed by atoms with Crippen molar-refractivity contribution in [2.75, 3.05) is 0 Å². The molecule has 2 nitrogen and oxygen atoms in total. The van der Waals surface area contributed by atoms with E-state index in [1.807, 2.05) is 24.4 Å². The molecule has 0 radical (unpaired) electrons. The molecule has 11 heavy (non-hydrogen) atoms. The van der Waals surface area contributed by atoms with E-state index in [0.29, 0.717) is 6.42 Å². The van der Waals surface area contributed by atoms with E-state index in [9.17, 15) is 4.79 Å². The number of nitrogens with two attached hydrogens (primary N) is 1. The minimum Gasteiger partial charge on any atom is -0.321 e. The van der Waals surface area contributed by atoms with Gasteiger partial charge in [-0.25, -0.2) is 0 Å². The summed E-state index contributed by atoms with van der Waals surface area (Å²) in [5, 5.41) is 1.88. The van der Waals surface area contributed by atoms with E-state index >= 15 is 0 Å². The lowest BCUT2D eigenvalue weighted by Gasteiger charge is -2.03. The summed E-state index contributed by atoms with van der Waals surface area (Å²) >= 11 is 1.45. The van der Waals surface area contributed by atoms with Gasteiger partial charge in [0, 0.05) is 0 Å². The molecule has 0 spiro atoms. The van der Waals surface area contributed by atoms with Gasteiger partial charge in [0.15, 0.2) is 5.78 Å². The normalized spacial score (nSPS) is 12.9. The van der Waals surface area contributed by atoms with Gasteiger partial charge in [0.25, 0.3) is 0 Å². The molecule has 0 aromatic carbocycles. The van der Waals surface area contributed by atoms with Crippen molar-refractivity contribution in [3.8, 4) is 0 Å². The zero-order chi connectivity index (χ0) is 8.27. The monoisotopic (exact) mass is 169 g/mol. The third kappa shape index (κ3) is 1.88. The Balaban J connectivity index is 2.70. The summed E-state index contributed by atoms with van der Waals surface area (Å²) in [5.74, 6) is 0.0579. The third-order valence-electron chi connectivity index (χ3n) is 1.54. The Morgan fingerprint density at radius 1 is 1.82 bits per heavy atom. The zero-order valence-corrected chi connectivity index (χ0v) is 7.23. The average Bonchev–Trinajstić information content (AvgIpc) is 2.53. The Morgan fingerprint density at radius 2 is 2.55 bits per heavy atom. The first-order valence-corrected chi connectivity index (χ1v) is 4.47. The van der Waals surface area contributed by atoms with Crippen molar-refractivity contribution in [3.05, 3.63) is 22.4 Å². The average molecular weight is 169 g/mol. The van der Waals surface area contributed by atoms with Gasteiger partial charge in [0.1, 0.15) is 0 Å². The molecule has 2 N–H and O–H groups in total. The summed E-state index contributed by atoms with van der Waals surface area (Å²) < 4.78 is 0. The molecule has 0 fully saturated rings. The second-order valence-corrected chi connectivity index (χ2v) is 3.30. The molecule has 0 aliphatic heterocycles. The Bertz CT molecular complexity index is 230. The molecule has 3 heteroatoms. The fourth-order valence-electron chi connectivity index (χ4n) is 0.787. The number of carbonyl (C=O) groups excluding carboxylic acids is 1. The number of carbonyl (C=O) groups is 1. The van der Waals surface area contributed by atoms with Crippen LogP contribution >= 0.6 is 11.3 Å². The fourth-order valence-corrected chi connectivity index (χ4v) is 1.52. The first kappa shape index (κ1) is 8.43. The zero-order valence-electron chi connectivity index (χ0n) is 6.41. The Labute approximate surface area is 70.0 Å². The standard InChI is InChI=1S/C8H11NOS/c1-2-6(9)8(10)7-4-3-5-11-7/h3-6H,2,9H2,1H3/t6-/m0/s1.